The van der Waals surface area contributed by atoms with Crippen LogP contribution < -0.4 is 0 Å². The Kier molecular flexibility index (Phi) is 14.7. The molecule has 0 spiro atoms. The molecule has 0 bridgehead atoms. The molecule has 9 aromatic heterocycles. The Morgan fingerprint density at radius 2 is 0.561 bits per heavy atom. The topological polar surface area (TPSA) is 113 Å². The fraction of sp³-hybridized carbons (Fsp3) is 0. The van der Waals surface area contributed by atoms with E-state index < -0.39 is 0 Å². The van der Waals surface area contributed by atoms with Crippen molar-refractivity contribution < 1.29 is 8.83 Å². The smallest absolute Gasteiger partial charge is 0.166 e. The average Bonchev–Trinajstić information content (AvgIpc) is 1.57. The SMILES string of the molecule is c1cc(-c2cccc(-c3nc(-c4ccc5c(c4)sc4ccccc45)nc(-c4ccc5c(oc6ccccc65)c4-n4c5ccccc5c5cc6ccccc6cc54)n3)c2)cc(-c2ccc3oc4c(-n5c6ccccc6c6cc7ccccc7cc65)c(-c5nc(-c6cccc7sc8ccccc8c67)nc(-c6cccc7sc8ccccc8c67)n5)ccc4c3c2)c1. The molecule has 0 radical (unpaired) electrons. The molecule has 0 fully saturated rings. The number of hydrogen-bond acceptors (Lipinski definition) is 11. The van der Waals surface area contributed by atoms with Gasteiger partial charge in [0.05, 0.1) is 22.1 Å². The van der Waals surface area contributed by atoms with Gasteiger partial charge in [-0.05, 0) is 171 Å². The van der Waals surface area contributed by atoms with Gasteiger partial charge in [0.2, 0.25) is 0 Å². The van der Waals surface area contributed by atoms with Gasteiger partial charge in [-0.1, -0.05) is 237 Å². The minimum Gasteiger partial charge on any atom is -0.454 e. The maximum atomic E-state index is 7.51. The first-order valence-electron chi connectivity index (χ1n) is 41.2. The first-order chi connectivity index (χ1) is 60.9. The average molecular weight is 1620 g/mol. The van der Waals surface area contributed by atoms with Crippen LogP contribution in [0.5, 0.6) is 0 Å². The van der Waals surface area contributed by atoms with Crippen molar-refractivity contribution in [1.29, 1.82) is 0 Å². The summed E-state index contributed by atoms with van der Waals surface area (Å²) in [6, 6.07) is 131. The van der Waals surface area contributed by atoms with E-state index in [1.165, 1.54) is 30.3 Å². The number of furan rings is 2. The van der Waals surface area contributed by atoms with Gasteiger partial charge in [-0.25, -0.2) is 29.9 Å². The maximum absolute atomic E-state index is 7.51. The number of rotatable bonds is 10. The van der Waals surface area contributed by atoms with E-state index in [1.807, 2.05) is 6.07 Å². The third-order valence-corrected chi connectivity index (χ3v) is 28.4. The molecule has 9 heterocycles. The molecule has 0 aliphatic rings. The summed E-state index contributed by atoms with van der Waals surface area (Å²) in [5.41, 5.74) is 18.1. The minimum absolute atomic E-state index is 0.514. The van der Waals surface area contributed by atoms with Gasteiger partial charge < -0.3 is 18.0 Å². The number of fused-ring (bicyclic) bond motifs is 23. The summed E-state index contributed by atoms with van der Waals surface area (Å²) in [5, 5.41) is 20.1. The Morgan fingerprint density at radius 3 is 1.12 bits per heavy atom. The summed E-state index contributed by atoms with van der Waals surface area (Å²) < 4.78 is 26.5. The van der Waals surface area contributed by atoms with Crippen LogP contribution in [0, 0.1) is 0 Å². The van der Waals surface area contributed by atoms with Gasteiger partial charge in [0, 0.05) is 137 Å². The van der Waals surface area contributed by atoms with E-state index in [-0.39, 0.29) is 0 Å². The van der Waals surface area contributed by atoms with Crippen molar-refractivity contribution in [3.8, 4) is 102 Å². The molecule has 0 saturated carbocycles. The van der Waals surface area contributed by atoms with Crippen molar-refractivity contribution in [3.05, 3.63) is 364 Å². The summed E-state index contributed by atoms with van der Waals surface area (Å²) in [6.45, 7) is 0. The first-order valence-corrected chi connectivity index (χ1v) is 43.6. The third kappa shape index (κ3) is 10.5. The van der Waals surface area contributed by atoms with E-state index in [0.717, 1.165) is 201 Å². The maximum Gasteiger partial charge on any atom is 0.166 e. The van der Waals surface area contributed by atoms with Crippen LogP contribution in [0.4, 0.5) is 0 Å². The van der Waals surface area contributed by atoms with Crippen LogP contribution in [-0.4, -0.2) is 39.0 Å². The molecule has 10 nitrogen and oxygen atoms in total. The number of para-hydroxylation sites is 3. The van der Waals surface area contributed by atoms with Crippen molar-refractivity contribution in [2.45, 2.75) is 0 Å². The second-order valence-electron chi connectivity index (χ2n) is 31.9. The zero-order valence-electron chi connectivity index (χ0n) is 65.3. The highest BCUT2D eigenvalue weighted by atomic mass is 32.1. The number of aromatic nitrogens is 8. The minimum atomic E-state index is 0.514. The van der Waals surface area contributed by atoms with Gasteiger partial charge in [-0.3, -0.25) is 0 Å². The summed E-state index contributed by atoms with van der Waals surface area (Å²) in [6.07, 6.45) is 0. The predicted octanol–water partition coefficient (Wildman–Crippen LogP) is 30.8. The highest BCUT2D eigenvalue weighted by molar-refractivity contribution is 7.26. The number of nitrogens with zero attached hydrogens (tertiary/aromatic N) is 8. The Balaban J connectivity index is 0.635. The molecule has 0 amide bonds. The van der Waals surface area contributed by atoms with Crippen LogP contribution in [0.3, 0.4) is 0 Å². The standard InChI is InChI=1S/C110H60N8O2S3/c1-3-23-66-58-89-84(55-64(66)21-1)71-29-5-11-37-87(71)117(89)101-82(50-48-76-73-31-7-13-39-91(73)119-103(76)101)109-112-105(111-106(113-109)70-45-47-75-74-32-8-14-40-93(74)123-98(75)60-70)69-28-18-27-63(54-69)61-25-17-26-62(53-61)68-46-52-92-86(57-68)77-49-51-83(102(104(77)120-92)118-88-38-12-6-30-72(88)85-56-65-22-2-4-24-67(65)59-90(85)118)110-115-107(80-35-19-43-96-99(80)78-33-9-15-41-94(78)121-96)114-108(116-110)81-36-20-44-97-100(81)79-34-10-16-42-95(79)122-97/h1-60H. The quantitative estimate of drug-likeness (QED) is 0.133. The van der Waals surface area contributed by atoms with Crippen molar-refractivity contribution in [2.24, 2.45) is 0 Å². The second kappa shape index (κ2) is 26.4. The molecule has 0 saturated heterocycles. The summed E-state index contributed by atoms with van der Waals surface area (Å²) in [4.78, 5) is 33.8. The molecule has 0 aliphatic carbocycles. The number of thiophene rings is 3. The lowest BCUT2D eigenvalue weighted by Gasteiger charge is -2.16. The molecule has 0 atom stereocenters. The van der Waals surface area contributed by atoms with Gasteiger partial charge in [0.15, 0.2) is 46.1 Å². The van der Waals surface area contributed by atoms with Crippen molar-refractivity contribution in [3.63, 3.8) is 0 Å². The molecule has 27 aromatic rings. The first kappa shape index (κ1) is 68.3. The van der Waals surface area contributed by atoms with Crippen molar-refractivity contribution in [2.75, 3.05) is 0 Å². The van der Waals surface area contributed by atoms with Gasteiger partial charge >= 0.3 is 0 Å². The zero-order chi connectivity index (χ0) is 80.2. The van der Waals surface area contributed by atoms with Crippen LogP contribution in [0.25, 0.3) is 272 Å². The molecular weight excluding hydrogens is 1560 g/mol. The second-order valence-corrected chi connectivity index (χ2v) is 35.1. The highest BCUT2D eigenvalue weighted by Gasteiger charge is 2.30. The van der Waals surface area contributed by atoms with E-state index in [2.05, 4.69) is 367 Å². The number of benzene rings is 18. The molecular formula is C110H60N8O2S3. The summed E-state index contributed by atoms with van der Waals surface area (Å²) in [5.74, 6) is 3.30. The van der Waals surface area contributed by atoms with E-state index in [4.69, 9.17) is 38.7 Å². The Bertz CT molecular complexity index is 9140. The van der Waals surface area contributed by atoms with Gasteiger partial charge in [-0.2, -0.15) is 0 Å². The zero-order valence-corrected chi connectivity index (χ0v) is 67.7. The largest absolute Gasteiger partial charge is 0.454 e. The lowest BCUT2D eigenvalue weighted by atomic mass is 9.96. The van der Waals surface area contributed by atoms with E-state index >= 15 is 0 Å². The van der Waals surface area contributed by atoms with Crippen molar-refractivity contribution >= 4 is 204 Å². The normalized spacial score (nSPS) is 12.2. The molecule has 0 N–H and O–H groups in total. The molecule has 18 aromatic carbocycles. The van der Waals surface area contributed by atoms with Gasteiger partial charge in [-0.15, -0.1) is 34.0 Å². The fourth-order valence-electron chi connectivity index (χ4n) is 19.4. The van der Waals surface area contributed by atoms with Crippen LogP contribution in [0.1, 0.15) is 0 Å². The van der Waals surface area contributed by atoms with Crippen LogP contribution >= 0.6 is 34.0 Å². The Hall–Kier alpha value is -15.6. The molecule has 123 heavy (non-hydrogen) atoms. The molecule has 27 rings (SSSR count). The fourth-order valence-corrected chi connectivity index (χ4v) is 22.8. The molecule has 13 heteroatoms. The lowest BCUT2D eigenvalue weighted by molar-refractivity contribution is 0.666. The Morgan fingerprint density at radius 1 is 0.195 bits per heavy atom. The van der Waals surface area contributed by atoms with E-state index in [9.17, 15) is 0 Å². The molecule has 570 valence electrons. The van der Waals surface area contributed by atoms with E-state index in [0.29, 0.717) is 40.5 Å². The summed E-state index contributed by atoms with van der Waals surface area (Å²) in [7, 11) is 0. The van der Waals surface area contributed by atoms with Gasteiger partial charge in [0.25, 0.3) is 0 Å². The predicted molar refractivity (Wildman–Crippen MR) is 514 cm³/mol. The van der Waals surface area contributed by atoms with Crippen LogP contribution in [0.2, 0.25) is 0 Å². The van der Waals surface area contributed by atoms with Gasteiger partial charge in [0.1, 0.15) is 22.5 Å². The Labute approximate surface area is 712 Å². The monoisotopic (exact) mass is 1620 g/mol. The van der Waals surface area contributed by atoms with Crippen LogP contribution in [-0.2, 0) is 0 Å². The lowest BCUT2D eigenvalue weighted by Crippen LogP contribution is -2.04. The van der Waals surface area contributed by atoms with E-state index in [1.54, 1.807) is 34.0 Å². The number of hydrogen-bond donors (Lipinski definition) is 0. The molecule has 0 aliphatic heterocycles. The molecule has 0 unspecified atom stereocenters. The highest BCUT2D eigenvalue weighted by Crippen LogP contribution is 2.50. The third-order valence-electron chi connectivity index (χ3n) is 25.0. The van der Waals surface area contributed by atoms with Crippen LogP contribution in [0.15, 0.2) is 373 Å². The summed E-state index contributed by atoms with van der Waals surface area (Å²) >= 11 is 5.36. The van der Waals surface area contributed by atoms with Crippen molar-refractivity contribution in [1.82, 2.24) is 39.0 Å².